The molecule has 0 aliphatic heterocycles. The van der Waals surface area contributed by atoms with Crippen LogP contribution in [-0.4, -0.2) is 44.3 Å². The number of hydrogen-bond acceptors (Lipinski definition) is 5. The summed E-state index contributed by atoms with van der Waals surface area (Å²) in [5.41, 5.74) is 6.90. The smallest absolute Gasteiger partial charge is 0.337 e. The summed E-state index contributed by atoms with van der Waals surface area (Å²) < 4.78 is 0. The van der Waals surface area contributed by atoms with E-state index in [-0.39, 0.29) is 6.42 Å². The maximum atomic E-state index is 11.7. The molecule has 6 heteroatoms. The van der Waals surface area contributed by atoms with Crippen LogP contribution in [0.3, 0.4) is 0 Å². The molecule has 2 unspecified atom stereocenters. The second kappa shape index (κ2) is 9.01. The van der Waals surface area contributed by atoms with Crippen LogP contribution in [0, 0.1) is 12.8 Å². The number of nitrogens with zero attached hydrogens (tertiary/aromatic N) is 1. The second-order valence-corrected chi connectivity index (χ2v) is 8.43. The van der Waals surface area contributed by atoms with Gasteiger partial charge < -0.3 is 15.9 Å². The van der Waals surface area contributed by atoms with Crippen molar-refractivity contribution in [2.45, 2.75) is 64.0 Å². The maximum absolute atomic E-state index is 11.7. The van der Waals surface area contributed by atoms with Gasteiger partial charge in [-0.15, -0.1) is 0 Å². The zero-order valence-corrected chi connectivity index (χ0v) is 16.0. The van der Waals surface area contributed by atoms with Crippen LogP contribution in [0.25, 0.3) is 0 Å². The normalized spacial score (nSPS) is 17.9. The SMILES string of the molecule is CCSCC(N)C(O)(Cc1cc(CCCC2CC2)c(C)cn1)C(=O)O. The first-order chi connectivity index (χ1) is 11.9. The third-order valence-corrected chi connectivity index (χ3v) is 5.97. The van der Waals surface area contributed by atoms with E-state index < -0.39 is 17.6 Å². The highest BCUT2D eigenvalue weighted by atomic mass is 32.2. The lowest BCUT2D eigenvalue weighted by Crippen LogP contribution is -2.57. The van der Waals surface area contributed by atoms with Gasteiger partial charge in [0.1, 0.15) is 0 Å². The van der Waals surface area contributed by atoms with Gasteiger partial charge in [-0.2, -0.15) is 11.8 Å². The molecular formula is C19H30N2O3S. The molecule has 1 saturated carbocycles. The van der Waals surface area contributed by atoms with Gasteiger partial charge in [0.2, 0.25) is 0 Å². The number of carbonyl (C=O) groups is 1. The Hall–Kier alpha value is -1.11. The predicted octanol–water partition coefficient (Wildman–Crippen LogP) is 2.56. The Balaban J connectivity index is 2.07. The second-order valence-electron chi connectivity index (χ2n) is 7.11. The van der Waals surface area contributed by atoms with E-state index in [1.54, 1.807) is 6.20 Å². The van der Waals surface area contributed by atoms with Gasteiger partial charge in [-0.1, -0.05) is 26.2 Å². The van der Waals surface area contributed by atoms with Gasteiger partial charge in [-0.3, -0.25) is 4.98 Å². The number of thioether (sulfide) groups is 1. The average Bonchev–Trinajstić information content (AvgIpc) is 3.39. The predicted molar refractivity (Wildman–Crippen MR) is 102 cm³/mol. The minimum Gasteiger partial charge on any atom is -0.479 e. The number of aryl methyl sites for hydroxylation is 2. The van der Waals surface area contributed by atoms with Crippen molar-refractivity contribution in [1.82, 2.24) is 4.98 Å². The highest BCUT2D eigenvalue weighted by Crippen LogP contribution is 2.34. The number of aliphatic carboxylic acids is 1. The van der Waals surface area contributed by atoms with E-state index in [1.165, 1.54) is 36.6 Å². The molecule has 2 atom stereocenters. The summed E-state index contributed by atoms with van der Waals surface area (Å²) in [6.07, 6.45) is 7.81. The van der Waals surface area contributed by atoms with Crippen molar-refractivity contribution in [3.63, 3.8) is 0 Å². The molecule has 0 spiro atoms. The summed E-state index contributed by atoms with van der Waals surface area (Å²) in [7, 11) is 0. The first-order valence-corrected chi connectivity index (χ1v) is 10.3. The van der Waals surface area contributed by atoms with Crippen LogP contribution in [0.15, 0.2) is 12.3 Å². The van der Waals surface area contributed by atoms with Gasteiger partial charge >= 0.3 is 5.97 Å². The zero-order chi connectivity index (χ0) is 18.4. The molecule has 0 saturated heterocycles. The van der Waals surface area contributed by atoms with Crippen LogP contribution in [-0.2, 0) is 17.6 Å². The van der Waals surface area contributed by atoms with E-state index in [2.05, 4.69) is 4.98 Å². The standard InChI is InChI=1S/C19H30N2O3S/c1-3-25-12-17(20)19(24,18(22)23)10-16-9-15(13(2)11-21-16)6-4-5-14-7-8-14/h9,11,14,17,24H,3-8,10,12,20H2,1-2H3,(H,22,23). The van der Waals surface area contributed by atoms with E-state index in [0.29, 0.717) is 11.4 Å². The quantitative estimate of drug-likeness (QED) is 0.557. The number of hydrogen-bond donors (Lipinski definition) is 3. The minimum atomic E-state index is -1.99. The third-order valence-electron chi connectivity index (χ3n) is 4.96. The molecule has 1 aliphatic rings. The van der Waals surface area contributed by atoms with Crippen LogP contribution in [0.1, 0.15) is 49.4 Å². The number of aliphatic hydroxyl groups is 1. The van der Waals surface area contributed by atoms with Gasteiger partial charge in [0, 0.05) is 24.1 Å². The number of nitrogens with two attached hydrogens (primary N) is 1. The lowest BCUT2D eigenvalue weighted by atomic mass is 9.89. The first kappa shape index (κ1) is 20.2. The molecule has 0 amide bonds. The molecular weight excluding hydrogens is 336 g/mol. The summed E-state index contributed by atoms with van der Waals surface area (Å²) >= 11 is 1.53. The van der Waals surface area contributed by atoms with Crippen LogP contribution in [0.2, 0.25) is 0 Å². The third kappa shape index (κ3) is 5.69. The van der Waals surface area contributed by atoms with Crippen molar-refractivity contribution < 1.29 is 15.0 Å². The van der Waals surface area contributed by atoms with Gasteiger partial charge in [0.05, 0.1) is 6.04 Å². The van der Waals surface area contributed by atoms with Crippen LogP contribution >= 0.6 is 11.8 Å². The molecule has 0 radical (unpaired) electrons. The van der Waals surface area contributed by atoms with Crippen LogP contribution in [0.4, 0.5) is 0 Å². The molecule has 1 aromatic heterocycles. The zero-order valence-electron chi connectivity index (χ0n) is 15.2. The van der Waals surface area contributed by atoms with Gasteiger partial charge in [0.15, 0.2) is 5.60 Å². The summed E-state index contributed by atoms with van der Waals surface area (Å²) in [6.45, 7) is 4.00. The van der Waals surface area contributed by atoms with Crippen molar-refractivity contribution in [3.8, 4) is 0 Å². The minimum absolute atomic E-state index is 0.0658. The summed E-state index contributed by atoms with van der Waals surface area (Å²) in [6, 6.07) is 1.10. The largest absolute Gasteiger partial charge is 0.479 e. The average molecular weight is 367 g/mol. The van der Waals surface area contributed by atoms with E-state index >= 15 is 0 Å². The Labute approximate surface area is 154 Å². The number of aromatic nitrogens is 1. The molecule has 2 rings (SSSR count). The highest BCUT2D eigenvalue weighted by Gasteiger charge is 2.42. The summed E-state index contributed by atoms with van der Waals surface area (Å²) in [4.78, 5) is 16.0. The van der Waals surface area contributed by atoms with E-state index in [0.717, 1.165) is 30.1 Å². The van der Waals surface area contributed by atoms with Crippen molar-refractivity contribution in [3.05, 3.63) is 29.1 Å². The topological polar surface area (TPSA) is 96.4 Å². The molecule has 1 heterocycles. The number of pyridine rings is 1. The molecule has 25 heavy (non-hydrogen) atoms. The number of carboxylic acids is 1. The van der Waals surface area contributed by atoms with Crippen molar-refractivity contribution in [2.24, 2.45) is 11.7 Å². The van der Waals surface area contributed by atoms with Crippen LogP contribution < -0.4 is 5.73 Å². The van der Waals surface area contributed by atoms with Crippen molar-refractivity contribution in [1.29, 1.82) is 0 Å². The van der Waals surface area contributed by atoms with Crippen molar-refractivity contribution in [2.75, 3.05) is 11.5 Å². The van der Waals surface area contributed by atoms with Gasteiger partial charge in [0.25, 0.3) is 0 Å². The Kier molecular flexibility index (Phi) is 7.28. The molecule has 4 N–H and O–H groups in total. The Morgan fingerprint density at radius 3 is 2.84 bits per heavy atom. The Bertz CT molecular complexity index is 592. The lowest BCUT2D eigenvalue weighted by molar-refractivity contribution is -0.160. The lowest BCUT2D eigenvalue weighted by Gasteiger charge is -2.29. The molecule has 0 bridgehead atoms. The van der Waals surface area contributed by atoms with Crippen LogP contribution in [0.5, 0.6) is 0 Å². The molecule has 1 aliphatic carbocycles. The monoisotopic (exact) mass is 366 g/mol. The fraction of sp³-hybridized carbons (Fsp3) is 0.684. The molecule has 0 aromatic carbocycles. The maximum Gasteiger partial charge on any atom is 0.337 e. The summed E-state index contributed by atoms with van der Waals surface area (Å²) in [5.74, 6) is 0.860. The van der Waals surface area contributed by atoms with E-state index in [4.69, 9.17) is 5.73 Å². The van der Waals surface area contributed by atoms with Gasteiger partial charge in [-0.05, 0) is 48.6 Å². The fourth-order valence-corrected chi connectivity index (χ4v) is 3.76. The molecule has 140 valence electrons. The molecule has 1 aromatic rings. The molecule has 5 nitrogen and oxygen atoms in total. The van der Waals surface area contributed by atoms with Crippen molar-refractivity contribution >= 4 is 17.7 Å². The van der Waals surface area contributed by atoms with E-state index in [9.17, 15) is 15.0 Å². The Morgan fingerprint density at radius 2 is 2.24 bits per heavy atom. The fourth-order valence-electron chi connectivity index (χ4n) is 2.99. The Morgan fingerprint density at radius 1 is 1.52 bits per heavy atom. The van der Waals surface area contributed by atoms with Gasteiger partial charge in [-0.25, -0.2) is 4.79 Å². The highest BCUT2D eigenvalue weighted by molar-refractivity contribution is 7.99. The first-order valence-electron chi connectivity index (χ1n) is 9.10. The molecule has 1 fully saturated rings. The number of carboxylic acid groups (broad SMARTS) is 1. The number of rotatable bonds is 11. The summed E-state index contributed by atoms with van der Waals surface area (Å²) in [5, 5.41) is 20.2. The van der Waals surface area contributed by atoms with E-state index in [1.807, 2.05) is 19.9 Å².